The van der Waals surface area contributed by atoms with Gasteiger partial charge in [0.05, 0.1) is 46.5 Å². The molecule has 6 rings (SSSR count). The molecule has 51 heavy (non-hydrogen) atoms. The molecule has 9 N–H and O–H groups in total. The van der Waals surface area contributed by atoms with E-state index >= 15 is 0 Å². The number of aromatic nitrogens is 5. The fourth-order valence-corrected chi connectivity index (χ4v) is 5.79. The lowest BCUT2D eigenvalue weighted by Gasteiger charge is -2.16. The Morgan fingerprint density at radius 2 is 1.24 bits per heavy atom. The number of nitrogens with two attached hydrogens (primary N) is 4. The normalized spacial score (nSPS) is 10.7. The van der Waals surface area contributed by atoms with Crippen LogP contribution in [0.4, 0.5) is 29.2 Å². The van der Waals surface area contributed by atoms with Crippen LogP contribution in [-0.2, 0) is 13.0 Å². The standard InChI is InChI=1S/C19H23N5O3.C17H19N5O2/c1-10-11(5-6-13-16(10)18(20)24-19(21)23-13)9-22-12-7-14(25-2)17(27-4)15(8-12)26-3;1-9-11(6-10-7-12(23-2)4-5-13(10)24-3)8-20-16-14(9)15(18)21-17(19)22-16/h5-8,22H,9H2,1-4H3,(H4,20,21,23,24);4-5,7-8H,6H2,1-3H3,(H4,18,19,20,21,22). The second kappa shape index (κ2) is 15.4. The van der Waals surface area contributed by atoms with Gasteiger partial charge >= 0.3 is 0 Å². The summed E-state index contributed by atoms with van der Waals surface area (Å²) in [6.07, 6.45) is 2.40. The largest absolute Gasteiger partial charge is 0.497 e. The van der Waals surface area contributed by atoms with Crippen molar-refractivity contribution in [2.75, 3.05) is 63.8 Å². The molecule has 0 fully saturated rings. The zero-order valence-electron chi connectivity index (χ0n) is 29.6. The maximum absolute atomic E-state index is 6.04. The molecule has 266 valence electrons. The van der Waals surface area contributed by atoms with E-state index in [9.17, 15) is 0 Å². The molecule has 0 amide bonds. The molecule has 0 spiro atoms. The molecule has 0 aliphatic carbocycles. The molecule has 0 saturated heterocycles. The lowest BCUT2D eigenvalue weighted by atomic mass is 9.99. The van der Waals surface area contributed by atoms with Crippen molar-refractivity contribution in [3.8, 4) is 28.7 Å². The van der Waals surface area contributed by atoms with Crippen molar-refractivity contribution in [3.63, 3.8) is 0 Å². The fraction of sp³-hybridized carbons (Fsp3) is 0.250. The van der Waals surface area contributed by atoms with Crippen LogP contribution < -0.4 is 51.9 Å². The predicted octanol–water partition coefficient (Wildman–Crippen LogP) is 4.85. The molecule has 0 bridgehead atoms. The van der Waals surface area contributed by atoms with Crippen LogP contribution in [-0.4, -0.2) is 60.5 Å². The Balaban J connectivity index is 0.000000199. The Hall–Kier alpha value is -6.51. The zero-order chi connectivity index (χ0) is 36.8. The Labute approximate surface area is 295 Å². The van der Waals surface area contributed by atoms with Crippen molar-refractivity contribution in [1.82, 2.24) is 24.9 Å². The van der Waals surface area contributed by atoms with Gasteiger partial charge in [0.25, 0.3) is 0 Å². The van der Waals surface area contributed by atoms with Gasteiger partial charge in [-0.1, -0.05) is 6.07 Å². The van der Waals surface area contributed by atoms with Gasteiger partial charge in [0.1, 0.15) is 23.1 Å². The van der Waals surface area contributed by atoms with E-state index in [2.05, 4.69) is 30.2 Å². The van der Waals surface area contributed by atoms with Crippen molar-refractivity contribution in [1.29, 1.82) is 0 Å². The number of anilines is 5. The number of benzene rings is 3. The minimum absolute atomic E-state index is 0.120. The highest BCUT2D eigenvalue weighted by Gasteiger charge is 2.16. The summed E-state index contributed by atoms with van der Waals surface area (Å²) < 4.78 is 26.9. The van der Waals surface area contributed by atoms with Gasteiger partial charge in [-0.25, -0.2) is 9.97 Å². The molecule has 3 heterocycles. The van der Waals surface area contributed by atoms with E-state index in [1.165, 1.54) is 0 Å². The van der Waals surface area contributed by atoms with Crippen molar-refractivity contribution >= 4 is 51.2 Å². The highest BCUT2D eigenvalue weighted by molar-refractivity contribution is 5.93. The molecular formula is C36H42N10O5. The summed E-state index contributed by atoms with van der Waals surface area (Å²) in [5.74, 6) is 4.29. The van der Waals surface area contributed by atoms with Gasteiger partial charge in [0, 0.05) is 47.9 Å². The number of hydrogen-bond acceptors (Lipinski definition) is 15. The van der Waals surface area contributed by atoms with Gasteiger partial charge in [-0.15, -0.1) is 0 Å². The summed E-state index contributed by atoms with van der Waals surface area (Å²) >= 11 is 0. The van der Waals surface area contributed by atoms with E-state index in [0.717, 1.165) is 61.3 Å². The molecular weight excluding hydrogens is 652 g/mol. The van der Waals surface area contributed by atoms with E-state index < -0.39 is 0 Å². The van der Waals surface area contributed by atoms with Gasteiger partial charge in [-0.3, -0.25) is 0 Å². The van der Waals surface area contributed by atoms with E-state index in [0.29, 0.717) is 47.5 Å². The van der Waals surface area contributed by atoms with E-state index in [1.807, 2.05) is 56.3 Å². The van der Waals surface area contributed by atoms with Crippen LogP contribution in [0, 0.1) is 13.8 Å². The smallest absolute Gasteiger partial charge is 0.224 e. The summed E-state index contributed by atoms with van der Waals surface area (Å²) in [6, 6.07) is 13.3. The number of nitrogens with one attached hydrogen (secondary N) is 1. The van der Waals surface area contributed by atoms with Crippen molar-refractivity contribution in [2.45, 2.75) is 26.8 Å². The monoisotopic (exact) mass is 694 g/mol. The Morgan fingerprint density at radius 1 is 0.608 bits per heavy atom. The zero-order valence-corrected chi connectivity index (χ0v) is 29.6. The molecule has 0 atom stereocenters. The van der Waals surface area contributed by atoms with E-state index in [-0.39, 0.29) is 11.9 Å². The van der Waals surface area contributed by atoms with Gasteiger partial charge < -0.3 is 51.9 Å². The number of rotatable bonds is 10. The van der Waals surface area contributed by atoms with Crippen LogP contribution in [0.2, 0.25) is 0 Å². The van der Waals surface area contributed by atoms with Crippen LogP contribution in [0.5, 0.6) is 28.7 Å². The molecule has 0 saturated carbocycles. The van der Waals surface area contributed by atoms with Crippen LogP contribution in [0.3, 0.4) is 0 Å². The maximum Gasteiger partial charge on any atom is 0.224 e. The lowest BCUT2D eigenvalue weighted by Crippen LogP contribution is -2.06. The summed E-state index contributed by atoms with van der Waals surface area (Å²) in [6.45, 7) is 4.54. The molecule has 3 aromatic carbocycles. The minimum Gasteiger partial charge on any atom is -0.497 e. The number of hydrogen-bond donors (Lipinski definition) is 5. The molecule has 3 aromatic heterocycles. The average molecular weight is 695 g/mol. The quantitative estimate of drug-likeness (QED) is 0.129. The molecule has 0 aliphatic heterocycles. The van der Waals surface area contributed by atoms with Crippen molar-refractivity contribution < 1.29 is 23.7 Å². The van der Waals surface area contributed by atoms with Gasteiger partial charge in [-0.05, 0) is 60.4 Å². The molecule has 0 aliphatic rings. The van der Waals surface area contributed by atoms with E-state index in [4.69, 9.17) is 46.6 Å². The Morgan fingerprint density at radius 3 is 1.86 bits per heavy atom. The topological polar surface area (TPSA) is 227 Å². The first kappa shape index (κ1) is 35.8. The number of nitrogen functional groups attached to an aromatic ring is 4. The second-order valence-electron chi connectivity index (χ2n) is 11.4. The summed E-state index contributed by atoms with van der Waals surface area (Å²) in [5.41, 5.74) is 30.5. The maximum atomic E-state index is 6.04. The first-order valence-electron chi connectivity index (χ1n) is 15.7. The third kappa shape index (κ3) is 7.56. The molecule has 0 radical (unpaired) electrons. The van der Waals surface area contributed by atoms with Crippen LogP contribution in [0.1, 0.15) is 27.8 Å². The summed E-state index contributed by atoms with van der Waals surface area (Å²) in [4.78, 5) is 20.8. The number of ether oxygens (including phenoxy) is 5. The number of pyridine rings is 1. The highest BCUT2D eigenvalue weighted by Crippen LogP contribution is 2.40. The number of aryl methyl sites for hydroxylation is 2. The van der Waals surface area contributed by atoms with Crippen molar-refractivity contribution in [3.05, 3.63) is 76.5 Å². The average Bonchev–Trinajstić information content (AvgIpc) is 3.11. The van der Waals surface area contributed by atoms with Gasteiger partial charge in [-0.2, -0.15) is 15.0 Å². The van der Waals surface area contributed by atoms with Gasteiger partial charge in [0.15, 0.2) is 17.1 Å². The Kier molecular flexibility index (Phi) is 10.8. The third-order valence-electron chi connectivity index (χ3n) is 8.43. The number of nitrogens with zero attached hydrogens (tertiary/aromatic N) is 5. The third-order valence-corrected chi connectivity index (χ3v) is 8.43. The first-order valence-corrected chi connectivity index (χ1v) is 15.7. The SMILES string of the molecule is COc1cc(NCc2ccc3nc(N)nc(N)c3c2C)cc(OC)c1OC.COc1ccc(OC)c(Cc2cnc3nc(N)nc(N)c3c2C)c1. The van der Waals surface area contributed by atoms with E-state index in [1.54, 1.807) is 41.7 Å². The summed E-state index contributed by atoms with van der Waals surface area (Å²) in [7, 11) is 8.03. The minimum atomic E-state index is 0.120. The fourth-order valence-electron chi connectivity index (χ4n) is 5.79. The van der Waals surface area contributed by atoms with Crippen molar-refractivity contribution in [2.24, 2.45) is 0 Å². The van der Waals surface area contributed by atoms with Crippen LogP contribution in [0.25, 0.3) is 21.9 Å². The highest BCUT2D eigenvalue weighted by atomic mass is 16.5. The molecule has 6 aromatic rings. The summed E-state index contributed by atoms with van der Waals surface area (Å²) in [5, 5.41) is 4.92. The molecule has 15 nitrogen and oxygen atoms in total. The number of methoxy groups -OCH3 is 5. The van der Waals surface area contributed by atoms with Crippen LogP contribution >= 0.6 is 0 Å². The molecule has 0 unspecified atom stereocenters. The number of fused-ring (bicyclic) bond motifs is 2. The second-order valence-corrected chi connectivity index (χ2v) is 11.4. The predicted molar refractivity (Wildman–Crippen MR) is 200 cm³/mol. The first-order chi connectivity index (χ1) is 24.5. The Bertz CT molecular complexity index is 2190. The van der Waals surface area contributed by atoms with Crippen LogP contribution in [0.15, 0.2) is 48.7 Å². The van der Waals surface area contributed by atoms with Gasteiger partial charge in [0.2, 0.25) is 17.6 Å². The molecule has 15 heteroatoms. The lowest BCUT2D eigenvalue weighted by molar-refractivity contribution is 0.324.